The minimum absolute atomic E-state index is 0.0822. The molecule has 1 heterocycles. The van der Waals surface area contributed by atoms with E-state index in [0.717, 1.165) is 0 Å². The standard InChI is InChI=1S/C5H9NO5S.CH4O3S/c6-4(7)5(12(8,9)10)2-1-3-11-5;1-5(2,3)4/h1-3H2,(H2,6,7)(H,8,9,10);1H3,(H,2,3,4). The van der Waals surface area contributed by atoms with Crippen LogP contribution in [0.5, 0.6) is 0 Å². The number of carbonyl (C=O) groups is 1. The molecule has 0 aromatic heterocycles. The molecule has 1 amide bonds. The molecule has 0 spiro atoms. The van der Waals surface area contributed by atoms with Crippen LogP contribution in [0, 0.1) is 0 Å². The van der Waals surface area contributed by atoms with Crippen molar-refractivity contribution < 1.29 is 35.5 Å². The molecule has 0 bridgehead atoms. The molecule has 0 aromatic carbocycles. The summed E-state index contributed by atoms with van der Waals surface area (Å²) in [4.78, 5) is 8.53. The van der Waals surface area contributed by atoms with E-state index in [1.807, 2.05) is 0 Å². The quantitative estimate of drug-likeness (QED) is 0.511. The average Bonchev–Trinajstić information content (AvgIpc) is 2.46. The number of hydrogen-bond acceptors (Lipinski definition) is 6. The first-order valence-corrected chi connectivity index (χ1v) is 7.52. The first-order chi connectivity index (χ1) is 7.40. The Morgan fingerprint density at radius 3 is 1.82 bits per heavy atom. The molecule has 1 fully saturated rings. The Labute approximate surface area is 98.4 Å². The van der Waals surface area contributed by atoms with Crippen LogP contribution in [0.3, 0.4) is 0 Å². The van der Waals surface area contributed by atoms with E-state index in [0.29, 0.717) is 12.7 Å². The fourth-order valence-electron chi connectivity index (χ4n) is 1.14. The summed E-state index contributed by atoms with van der Waals surface area (Å²) in [5.74, 6) is -1.16. The lowest BCUT2D eigenvalue weighted by molar-refractivity contribution is -0.130. The van der Waals surface area contributed by atoms with Crippen LogP contribution in [-0.2, 0) is 29.8 Å². The first-order valence-electron chi connectivity index (χ1n) is 4.23. The third-order valence-corrected chi connectivity index (χ3v) is 3.13. The van der Waals surface area contributed by atoms with Crippen LogP contribution in [0.4, 0.5) is 0 Å². The van der Waals surface area contributed by atoms with Gasteiger partial charge in [-0.3, -0.25) is 13.9 Å². The van der Waals surface area contributed by atoms with Crippen LogP contribution in [0.2, 0.25) is 0 Å². The number of primary amides is 1. The summed E-state index contributed by atoms with van der Waals surface area (Å²) in [7, 11) is -8.23. The second-order valence-electron chi connectivity index (χ2n) is 3.28. The van der Waals surface area contributed by atoms with Crippen molar-refractivity contribution in [2.75, 3.05) is 12.9 Å². The van der Waals surface area contributed by atoms with Gasteiger partial charge in [-0.05, 0) is 6.42 Å². The maximum atomic E-state index is 10.7. The van der Waals surface area contributed by atoms with Crippen molar-refractivity contribution in [2.45, 2.75) is 17.8 Å². The van der Waals surface area contributed by atoms with E-state index in [4.69, 9.17) is 14.8 Å². The molecule has 17 heavy (non-hydrogen) atoms. The van der Waals surface area contributed by atoms with E-state index in [-0.39, 0.29) is 13.0 Å². The molecule has 1 aliphatic rings. The SMILES string of the molecule is CS(=O)(=O)O.NC(=O)C1(S(=O)(=O)O)CCCO1. The summed E-state index contributed by atoms with van der Waals surface area (Å²) in [6, 6.07) is 0. The van der Waals surface area contributed by atoms with E-state index >= 15 is 0 Å². The maximum absolute atomic E-state index is 10.7. The Balaban J connectivity index is 0.000000437. The van der Waals surface area contributed by atoms with Crippen molar-refractivity contribution >= 4 is 26.1 Å². The zero-order valence-corrected chi connectivity index (χ0v) is 10.5. The normalized spacial score (nSPS) is 24.9. The summed E-state index contributed by atoms with van der Waals surface area (Å²) in [6.45, 7) is 0.114. The van der Waals surface area contributed by atoms with Crippen LogP contribution in [0.1, 0.15) is 12.8 Å². The predicted molar refractivity (Wildman–Crippen MR) is 56.1 cm³/mol. The molecule has 1 unspecified atom stereocenters. The summed E-state index contributed by atoms with van der Waals surface area (Å²) < 4.78 is 60.7. The van der Waals surface area contributed by atoms with Gasteiger partial charge in [-0.25, -0.2) is 0 Å². The third-order valence-electron chi connectivity index (χ3n) is 1.78. The topological polar surface area (TPSA) is 161 Å². The molecule has 0 aromatic rings. The van der Waals surface area contributed by atoms with Gasteiger partial charge < -0.3 is 10.5 Å². The molecule has 0 saturated carbocycles. The number of amides is 1. The zero-order chi connectivity index (χ0) is 13.9. The zero-order valence-electron chi connectivity index (χ0n) is 8.86. The Kier molecular flexibility index (Phi) is 5.03. The van der Waals surface area contributed by atoms with Crippen molar-refractivity contribution in [1.29, 1.82) is 0 Å². The minimum atomic E-state index is -4.56. The van der Waals surface area contributed by atoms with Gasteiger partial charge in [0.2, 0.25) is 0 Å². The smallest absolute Gasteiger partial charge is 0.304 e. The number of hydrogen-bond donors (Lipinski definition) is 3. The molecular weight excluding hydrogens is 278 g/mol. The summed E-state index contributed by atoms with van der Waals surface area (Å²) in [5, 5.41) is 0. The van der Waals surface area contributed by atoms with Gasteiger partial charge in [0.25, 0.3) is 21.0 Å². The van der Waals surface area contributed by atoms with Crippen molar-refractivity contribution in [3.05, 3.63) is 0 Å². The first kappa shape index (κ1) is 16.2. The fourth-order valence-corrected chi connectivity index (χ4v) is 2.03. The second kappa shape index (κ2) is 5.27. The highest BCUT2D eigenvalue weighted by molar-refractivity contribution is 7.88. The van der Waals surface area contributed by atoms with Crippen LogP contribution < -0.4 is 5.73 Å². The molecular formula is C6H13NO8S2. The number of carbonyl (C=O) groups excluding carboxylic acids is 1. The highest BCUT2D eigenvalue weighted by Crippen LogP contribution is 2.30. The summed E-state index contributed by atoms with van der Waals surface area (Å²) >= 11 is 0. The molecule has 9 nitrogen and oxygen atoms in total. The van der Waals surface area contributed by atoms with Gasteiger partial charge in [-0.15, -0.1) is 0 Å². The molecule has 1 rings (SSSR count). The van der Waals surface area contributed by atoms with Crippen LogP contribution in [0.15, 0.2) is 0 Å². The molecule has 1 saturated heterocycles. The number of nitrogens with two attached hydrogens (primary N) is 1. The largest absolute Gasteiger partial charge is 0.366 e. The monoisotopic (exact) mass is 291 g/mol. The van der Waals surface area contributed by atoms with Gasteiger partial charge in [0.1, 0.15) is 0 Å². The average molecular weight is 291 g/mol. The summed E-state index contributed by atoms with van der Waals surface area (Å²) in [5.41, 5.74) is 4.82. The lowest BCUT2D eigenvalue weighted by Gasteiger charge is -2.19. The molecule has 1 atom stereocenters. The molecule has 0 aliphatic carbocycles. The van der Waals surface area contributed by atoms with Gasteiger partial charge in [-0.2, -0.15) is 16.8 Å². The van der Waals surface area contributed by atoms with E-state index in [1.54, 1.807) is 0 Å². The second-order valence-corrected chi connectivity index (χ2v) is 6.35. The molecule has 1 aliphatic heterocycles. The maximum Gasteiger partial charge on any atom is 0.304 e. The highest BCUT2D eigenvalue weighted by atomic mass is 32.2. The van der Waals surface area contributed by atoms with Crippen molar-refractivity contribution in [2.24, 2.45) is 5.73 Å². The highest BCUT2D eigenvalue weighted by Gasteiger charge is 2.52. The van der Waals surface area contributed by atoms with Gasteiger partial charge >= 0.3 is 10.1 Å². The van der Waals surface area contributed by atoms with Crippen LogP contribution >= 0.6 is 0 Å². The van der Waals surface area contributed by atoms with Crippen molar-refractivity contribution in [3.8, 4) is 0 Å². The van der Waals surface area contributed by atoms with E-state index in [2.05, 4.69) is 4.74 Å². The Morgan fingerprint density at radius 2 is 1.71 bits per heavy atom. The molecule has 11 heteroatoms. The van der Waals surface area contributed by atoms with Crippen LogP contribution in [0.25, 0.3) is 0 Å². The summed E-state index contributed by atoms with van der Waals surface area (Å²) in [6.07, 6.45) is 1.02. The predicted octanol–water partition coefficient (Wildman–Crippen LogP) is -1.63. The number of rotatable bonds is 2. The van der Waals surface area contributed by atoms with E-state index < -0.39 is 31.1 Å². The van der Waals surface area contributed by atoms with Crippen molar-refractivity contribution in [3.63, 3.8) is 0 Å². The minimum Gasteiger partial charge on any atom is -0.366 e. The van der Waals surface area contributed by atoms with Gasteiger partial charge in [0.15, 0.2) is 0 Å². The van der Waals surface area contributed by atoms with E-state index in [1.165, 1.54) is 0 Å². The molecule has 102 valence electrons. The van der Waals surface area contributed by atoms with Crippen molar-refractivity contribution in [1.82, 2.24) is 0 Å². The number of ether oxygens (including phenoxy) is 1. The van der Waals surface area contributed by atoms with Crippen LogP contribution in [-0.4, -0.2) is 49.6 Å². The third kappa shape index (κ3) is 4.95. The van der Waals surface area contributed by atoms with E-state index in [9.17, 15) is 21.6 Å². The lowest BCUT2D eigenvalue weighted by atomic mass is 10.2. The van der Waals surface area contributed by atoms with Gasteiger partial charge in [0, 0.05) is 13.0 Å². The molecule has 0 radical (unpaired) electrons. The van der Waals surface area contributed by atoms with Gasteiger partial charge in [-0.1, -0.05) is 0 Å². The lowest BCUT2D eigenvalue weighted by Crippen LogP contribution is -2.49. The Morgan fingerprint density at radius 1 is 1.29 bits per heavy atom. The fraction of sp³-hybridized carbons (Fsp3) is 0.833. The molecule has 4 N–H and O–H groups in total. The Hall–Kier alpha value is -0.750. The van der Waals surface area contributed by atoms with Gasteiger partial charge in [0.05, 0.1) is 6.26 Å². The Bertz CT molecular complexity index is 464.